The largest absolute Gasteiger partial charge is 0.357 e. The van der Waals surface area contributed by atoms with Crippen LogP contribution in [0.2, 0.25) is 5.02 Å². The van der Waals surface area contributed by atoms with E-state index in [1.807, 2.05) is 0 Å². The standard InChI is InChI=1S/C21H24ClF2N3O4S/c1-4-19(21(29)25-2)26(12-14-7-5-6-8-16(14)22)20(28)13-27(32(3,30)31)15-9-10-17(23)18(24)11-15/h5-11,19H,4,12-13H2,1-3H3,(H,25,29). The zero-order valence-corrected chi connectivity index (χ0v) is 19.4. The fraction of sp³-hybridized carbons (Fsp3) is 0.333. The summed E-state index contributed by atoms with van der Waals surface area (Å²) in [7, 11) is -2.62. The molecule has 0 aliphatic rings. The Hall–Kier alpha value is -2.72. The number of benzene rings is 2. The highest BCUT2D eigenvalue weighted by molar-refractivity contribution is 7.92. The normalized spacial score (nSPS) is 12.2. The van der Waals surface area contributed by atoms with Gasteiger partial charge in [0.05, 0.1) is 11.9 Å². The number of halogens is 3. The summed E-state index contributed by atoms with van der Waals surface area (Å²) in [5, 5.41) is 2.86. The second kappa shape index (κ2) is 10.7. The number of carbonyl (C=O) groups excluding carboxylic acids is 2. The summed E-state index contributed by atoms with van der Waals surface area (Å²) >= 11 is 6.22. The Morgan fingerprint density at radius 2 is 1.78 bits per heavy atom. The summed E-state index contributed by atoms with van der Waals surface area (Å²) in [6, 6.07) is 8.35. The molecule has 2 amide bonds. The summed E-state index contributed by atoms with van der Waals surface area (Å²) < 4.78 is 52.5. The van der Waals surface area contributed by atoms with E-state index in [1.54, 1.807) is 31.2 Å². The Kier molecular flexibility index (Phi) is 8.57. The minimum Gasteiger partial charge on any atom is -0.357 e. The molecule has 1 unspecified atom stereocenters. The summed E-state index contributed by atoms with van der Waals surface area (Å²) in [6.07, 6.45) is 1.09. The summed E-state index contributed by atoms with van der Waals surface area (Å²) in [6.45, 7) is 0.929. The van der Waals surface area contributed by atoms with Crippen LogP contribution in [0, 0.1) is 11.6 Å². The van der Waals surface area contributed by atoms with Crippen LogP contribution in [-0.4, -0.2) is 51.0 Å². The van der Waals surface area contributed by atoms with E-state index in [4.69, 9.17) is 11.6 Å². The van der Waals surface area contributed by atoms with Gasteiger partial charge in [-0.05, 0) is 30.2 Å². The van der Waals surface area contributed by atoms with Gasteiger partial charge in [0.25, 0.3) is 0 Å². The number of nitrogens with zero attached hydrogens (tertiary/aromatic N) is 2. The van der Waals surface area contributed by atoms with Gasteiger partial charge in [0.2, 0.25) is 21.8 Å². The molecule has 0 heterocycles. The van der Waals surface area contributed by atoms with Gasteiger partial charge in [0, 0.05) is 24.7 Å². The molecule has 0 aliphatic carbocycles. The molecule has 2 rings (SSSR count). The van der Waals surface area contributed by atoms with Crippen molar-refractivity contribution >= 4 is 39.1 Å². The molecule has 2 aromatic rings. The molecule has 0 aromatic heterocycles. The lowest BCUT2D eigenvalue weighted by molar-refractivity contribution is -0.140. The second-order valence-electron chi connectivity index (χ2n) is 7.02. The summed E-state index contributed by atoms with van der Waals surface area (Å²) in [4.78, 5) is 26.9. The molecule has 1 atom stereocenters. The molecule has 2 aromatic carbocycles. The lowest BCUT2D eigenvalue weighted by Crippen LogP contribution is -2.51. The molecule has 0 aliphatic heterocycles. The van der Waals surface area contributed by atoms with Gasteiger partial charge in [0.1, 0.15) is 12.6 Å². The lowest BCUT2D eigenvalue weighted by atomic mass is 10.1. The molecule has 32 heavy (non-hydrogen) atoms. The van der Waals surface area contributed by atoms with Gasteiger partial charge in [-0.15, -0.1) is 0 Å². The van der Waals surface area contributed by atoms with Crippen molar-refractivity contribution in [3.63, 3.8) is 0 Å². The predicted octanol–water partition coefficient (Wildman–Crippen LogP) is 2.94. The fourth-order valence-electron chi connectivity index (χ4n) is 3.15. The van der Waals surface area contributed by atoms with Crippen LogP contribution in [-0.2, 0) is 26.2 Å². The number of anilines is 1. The van der Waals surface area contributed by atoms with Crippen LogP contribution in [0.3, 0.4) is 0 Å². The SMILES string of the molecule is CCC(C(=O)NC)N(Cc1ccccc1Cl)C(=O)CN(c1ccc(F)c(F)c1)S(C)(=O)=O. The van der Waals surface area contributed by atoms with E-state index in [9.17, 15) is 26.8 Å². The van der Waals surface area contributed by atoms with Gasteiger partial charge in [0.15, 0.2) is 11.6 Å². The smallest absolute Gasteiger partial charge is 0.244 e. The topological polar surface area (TPSA) is 86.8 Å². The van der Waals surface area contributed by atoms with Crippen molar-refractivity contribution < 1.29 is 26.8 Å². The number of sulfonamides is 1. The van der Waals surface area contributed by atoms with E-state index < -0.39 is 46.1 Å². The fourth-order valence-corrected chi connectivity index (χ4v) is 4.19. The lowest BCUT2D eigenvalue weighted by Gasteiger charge is -2.32. The van der Waals surface area contributed by atoms with Gasteiger partial charge >= 0.3 is 0 Å². The Labute approximate surface area is 191 Å². The summed E-state index contributed by atoms with van der Waals surface area (Å²) in [5.74, 6) is -3.56. The van der Waals surface area contributed by atoms with Gasteiger partial charge < -0.3 is 10.2 Å². The Bertz CT molecular complexity index is 1100. The first kappa shape index (κ1) is 25.5. The number of amides is 2. The third-order valence-electron chi connectivity index (χ3n) is 4.80. The summed E-state index contributed by atoms with van der Waals surface area (Å²) in [5.41, 5.74) is 0.342. The van der Waals surface area contributed by atoms with E-state index >= 15 is 0 Å². The predicted molar refractivity (Wildman–Crippen MR) is 119 cm³/mol. The first-order valence-electron chi connectivity index (χ1n) is 9.66. The van der Waals surface area contributed by atoms with E-state index in [0.717, 1.165) is 18.4 Å². The molecule has 7 nitrogen and oxygen atoms in total. The first-order chi connectivity index (χ1) is 15.0. The van der Waals surface area contributed by atoms with Crippen molar-refractivity contribution in [2.45, 2.75) is 25.9 Å². The average Bonchev–Trinajstić information content (AvgIpc) is 2.74. The van der Waals surface area contributed by atoms with Crippen LogP contribution >= 0.6 is 11.6 Å². The van der Waals surface area contributed by atoms with E-state index in [1.165, 1.54) is 11.9 Å². The van der Waals surface area contributed by atoms with Gasteiger partial charge in [-0.2, -0.15) is 0 Å². The number of hydrogen-bond acceptors (Lipinski definition) is 4. The van der Waals surface area contributed by atoms with Crippen LogP contribution in [0.25, 0.3) is 0 Å². The molecule has 0 fully saturated rings. The van der Waals surface area contributed by atoms with Crippen LogP contribution in [0.15, 0.2) is 42.5 Å². The van der Waals surface area contributed by atoms with E-state index in [2.05, 4.69) is 5.32 Å². The van der Waals surface area contributed by atoms with Crippen molar-refractivity contribution in [1.82, 2.24) is 10.2 Å². The zero-order valence-electron chi connectivity index (χ0n) is 17.8. The molecule has 174 valence electrons. The minimum atomic E-state index is -4.05. The Morgan fingerprint density at radius 3 is 2.31 bits per heavy atom. The maximum Gasteiger partial charge on any atom is 0.244 e. The molecule has 0 saturated heterocycles. The Morgan fingerprint density at radius 1 is 1.12 bits per heavy atom. The molecule has 0 saturated carbocycles. The zero-order chi connectivity index (χ0) is 24.1. The van der Waals surface area contributed by atoms with Crippen LogP contribution in [0.1, 0.15) is 18.9 Å². The maximum atomic E-state index is 13.7. The average molecular weight is 488 g/mol. The highest BCUT2D eigenvalue weighted by Gasteiger charge is 2.31. The second-order valence-corrected chi connectivity index (χ2v) is 9.33. The highest BCUT2D eigenvalue weighted by Crippen LogP contribution is 2.23. The van der Waals surface area contributed by atoms with Crippen LogP contribution in [0.4, 0.5) is 14.5 Å². The molecular formula is C21H24ClF2N3O4S. The highest BCUT2D eigenvalue weighted by atomic mass is 35.5. The minimum absolute atomic E-state index is 0.0557. The van der Waals surface area contributed by atoms with Gasteiger partial charge in [-0.25, -0.2) is 17.2 Å². The molecule has 0 spiro atoms. The number of rotatable bonds is 9. The number of likely N-dealkylation sites (N-methyl/N-ethyl adjacent to an activating group) is 1. The molecule has 0 bridgehead atoms. The van der Waals surface area contributed by atoms with Crippen LogP contribution < -0.4 is 9.62 Å². The van der Waals surface area contributed by atoms with Crippen molar-refractivity contribution in [2.75, 3.05) is 24.2 Å². The number of carbonyl (C=O) groups is 2. The van der Waals surface area contributed by atoms with Gasteiger partial charge in [-0.3, -0.25) is 13.9 Å². The molecular weight excluding hydrogens is 464 g/mol. The van der Waals surface area contributed by atoms with E-state index in [0.29, 0.717) is 21.0 Å². The van der Waals surface area contributed by atoms with Crippen LogP contribution in [0.5, 0.6) is 0 Å². The third-order valence-corrected chi connectivity index (χ3v) is 6.31. The monoisotopic (exact) mass is 487 g/mol. The molecule has 0 radical (unpaired) electrons. The van der Waals surface area contributed by atoms with Crippen molar-refractivity contribution in [3.05, 3.63) is 64.7 Å². The maximum absolute atomic E-state index is 13.7. The van der Waals surface area contributed by atoms with E-state index in [-0.39, 0.29) is 18.7 Å². The molecule has 1 N–H and O–H groups in total. The number of hydrogen-bond donors (Lipinski definition) is 1. The molecule has 11 heteroatoms. The van der Waals surface area contributed by atoms with Gasteiger partial charge in [-0.1, -0.05) is 36.7 Å². The van der Waals surface area contributed by atoms with Crippen molar-refractivity contribution in [3.8, 4) is 0 Å². The number of nitrogens with one attached hydrogen (secondary N) is 1. The van der Waals surface area contributed by atoms with Crippen molar-refractivity contribution in [2.24, 2.45) is 0 Å². The third kappa shape index (κ3) is 6.17. The Balaban J connectivity index is 2.46. The first-order valence-corrected chi connectivity index (χ1v) is 11.9. The van der Waals surface area contributed by atoms with Crippen molar-refractivity contribution in [1.29, 1.82) is 0 Å². The quantitative estimate of drug-likeness (QED) is 0.589.